The molecule has 0 aliphatic heterocycles. The molecule has 0 unspecified atom stereocenters. The van der Waals surface area contributed by atoms with Crippen LogP contribution >= 0.6 is 0 Å². The SMILES string of the molecule is N=[C]Nc1ccccc1F. The van der Waals surface area contributed by atoms with Crippen molar-refractivity contribution in [1.82, 2.24) is 0 Å². The zero-order valence-electron chi connectivity index (χ0n) is 5.19. The van der Waals surface area contributed by atoms with Crippen molar-refractivity contribution in [2.75, 3.05) is 5.32 Å². The molecule has 1 aromatic carbocycles. The first-order valence-corrected chi connectivity index (χ1v) is 2.77. The molecule has 0 saturated carbocycles. The van der Waals surface area contributed by atoms with E-state index in [4.69, 9.17) is 5.41 Å². The van der Waals surface area contributed by atoms with E-state index < -0.39 is 0 Å². The van der Waals surface area contributed by atoms with Gasteiger partial charge in [-0.1, -0.05) is 12.1 Å². The normalized spacial score (nSPS) is 8.90. The zero-order valence-corrected chi connectivity index (χ0v) is 5.19. The first kappa shape index (κ1) is 6.74. The van der Waals surface area contributed by atoms with E-state index in [-0.39, 0.29) is 11.5 Å². The first-order valence-electron chi connectivity index (χ1n) is 2.77. The standard InChI is InChI=1S/C7H6FN2/c8-6-3-1-2-4-7(6)10-5-9/h1-4H,(H2,9,10). The quantitative estimate of drug-likeness (QED) is 0.363. The minimum atomic E-state index is -0.373. The Morgan fingerprint density at radius 2 is 2.10 bits per heavy atom. The first-order chi connectivity index (χ1) is 4.84. The van der Waals surface area contributed by atoms with Gasteiger partial charge < -0.3 is 5.32 Å². The van der Waals surface area contributed by atoms with Gasteiger partial charge >= 0.3 is 0 Å². The molecule has 1 rings (SSSR count). The minimum Gasteiger partial charge on any atom is -0.335 e. The fourth-order valence-corrected chi connectivity index (χ4v) is 0.630. The van der Waals surface area contributed by atoms with Crippen LogP contribution < -0.4 is 5.32 Å². The molecule has 0 fully saturated rings. The average Bonchev–Trinajstić information content (AvgIpc) is 1.94. The molecule has 10 heavy (non-hydrogen) atoms. The minimum absolute atomic E-state index is 0.275. The second-order valence-electron chi connectivity index (χ2n) is 1.73. The average molecular weight is 137 g/mol. The van der Waals surface area contributed by atoms with Crippen LogP contribution in [0.15, 0.2) is 24.3 Å². The van der Waals surface area contributed by atoms with Gasteiger partial charge in [-0.3, -0.25) is 5.41 Å². The highest BCUT2D eigenvalue weighted by atomic mass is 19.1. The van der Waals surface area contributed by atoms with Crippen LogP contribution in [-0.4, -0.2) is 6.34 Å². The summed E-state index contributed by atoms with van der Waals surface area (Å²) in [6.07, 6.45) is 1.88. The van der Waals surface area contributed by atoms with Crippen molar-refractivity contribution in [3.05, 3.63) is 30.1 Å². The van der Waals surface area contributed by atoms with E-state index >= 15 is 0 Å². The number of benzene rings is 1. The highest BCUT2D eigenvalue weighted by Crippen LogP contribution is 2.10. The maximum atomic E-state index is 12.6. The van der Waals surface area contributed by atoms with Gasteiger partial charge in [0.05, 0.1) is 5.69 Å². The lowest BCUT2D eigenvalue weighted by Gasteiger charge is -1.97. The summed E-state index contributed by atoms with van der Waals surface area (Å²) in [4.78, 5) is 0. The van der Waals surface area contributed by atoms with Crippen LogP contribution in [0.5, 0.6) is 0 Å². The van der Waals surface area contributed by atoms with Crippen molar-refractivity contribution in [2.45, 2.75) is 0 Å². The third kappa shape index (κ3) is 1.31. The molecule has 0 atom stereocenters. The van der Waals surface area contributed by atoms with Gasteiger partial charge in [0, 0.05) is 0 Å². The fourth-order valence-electron chi connectivity index (χ4n) is 0.630. The van der Waals surface area contributed by atoms with Gasteiger partial charge in [0.1, 0.15) is 5.82 Å². The third-order valence-corrected chi connectivity index (χ3v) is 1.07. The van der Waals surface area contributed by atoms with E-state index in [0.717, 1.165) is 0 Å². The molecule has 0 spiro atoms. The molecule has 3 heteroatoms. The van der Waals surface area contributed by atoms with Crippen molar-refractivity contribution in [2.24, 2.45) is 0 Å². The summed E-state index contributed by atoms with van der Waals surface area (Å²) < 4.78 is 12.6. The van der Waals surface area contributed by atoms with E-state index in [9.17, 15) is 4.39 Å². The van der Waals surface area contributed by atoms with Crippen molar-refractivity contribution in [3.8, 4) is 0 Å². The molecule has 2 nitrogen and oxygen atoms in total. The lowest BCUT2D eigenvalue weighted by molar-refractivity contribution is 0.632. The summed E-state index contributed by atoms with van der Waals surface area (Å²) in [5.41, 5.74) is 0.275. The Balaban J connectivity index is 2.91. The lowest BCUT2D eigenvalue weighted by Crippen LogP contribution is -1.94. The predicted molar refractivity (Wildman–Crippen MR) is 37.7 cm³/mol. The Morgan fingerprint density at radius 1 is 1.40 bits per heavy atom. The van der Waals surface area contributed by atoms with Crippen LogP contribution in [0, 0.1) is 11.2 Å². The molecule has 0 aromatic heterocycles. The number of hydrogen-bond acceptors (Lipinski definition) is 1. The third-order valence-electron chi connectivity index (χ3n) is 1.07. The predicted octanol–water partition coefficient (Wildman–Crippen LogP) is 1.72. The number of halogens is 1. The Kier molecular flexibility index (Phi) is 1.99. The van der Waals surface area contributed by atoms with Gasteiger partial charge in [-0.05, 0) is 12.1 Å². The van der Waals surface area contributed by atoms with Crippen LogP contribution in [0.1, 0.15) is 0 Å². The lowest BCUT2D eigenvalue weighted by atomic mass is 10.3. The van der Waals surface area contributed by atoms with Gasteiger partial charge in [0.15, 0.2) is 6.34 Å². The monoisotopic (exact) mass is 137 g/mol. The highest BCUT2D eigenvalue weighted by molar-refractivity contribution is 5.73. The van der Waals surface area contributed by atoms with E-state index in [2.05, 4.69) is 5.32 Å². The van der Waals surface area contributed by atoms with Crippen LogP contribution in [-0.2, 0) is 0 Å². The highest BCUT2D eigenvalue weighted by Gasteiger charge is 1.95. The van der Waals surface area contributed by atoms with Gasteiger partial charge in [-0.2, -0.15) is 0 Å². The van der Waals surface area contributed by atoms with Crippen molar-refractivity contribution in [3.63, 3.8) is 0 Å². The molecule has 0 aliphatic carbocycles. The van der Waals surface area contributed by atoms with Crippen LogP contribution in [0.4, 0.5) is 10.1 Å². The zero-order chi connectivity index (χ0) is 7.40. The Labute approximate surface area is 58.2 Å². The fraction of sp³-hybridized carbons (Fsp3) is 0. The number of para-hydroxylation sites is 1. The largest absolute Gasteiger partial charge is 0.335 e. The molecule has 51 valence electrons. The summed E-state index contributed by atoms with van der Waals surface area (Å²) in [6, 6.07) is 6.13. The molecule has 1 aromatic rings. The van der Waals surface area contributed by atoms with E-state index in [1.54, 1.807) is 12.1 Å². The van der Waals surface area contributed by atoms with Gasteiger partial charge in [-0.25, -0.2) is 4.39 Å². The number of nitrogens with one attached hydrogen (secondary N) is 2. The van der Waals surface area contributed by atoms with Crippen LogP contribution in [0.25, 0.3) is 0 Å². The molecule has 0 bridgehead atoms. The number of hydrogen-bond donors (Lipinski definition) is 2. The Morgan fingerprint density at radius 3 is 2.70 bits per heavy atom. The van der Waals surface area contributed by atoms with Crippen molar-refractivity contribution in [1.29, 1.82) is 5.41 Å². The summed E-state index contributed by atoms with van der Waals surface area (Å²) in [5, 5.41) is 8.83. The maximum absolute atomic E-state index is 12.6. The van der Waals surface area contributed by atoms with Crippen LogP contribution in [0.3, 0.4) is 0 Å². The second-order valence-corrected chi connectivity index (χ2v) is 1.73. The molecular weight excluding hydrogens is 131 g/mol. The smallest absolute Gasteiger partial charge is 0.165 e. The Bertz CT molecular complexity index is 235. The number of rotatable bonds is 2. The summed E-state index contributed by atoms with van der Waals surface area (Å²) in [5.74, 6) is -0.373. The molecular formula is C7H6FN2. The second kappa shape index (κ2) is 2.96. The van der Waals surface area contributed by atoms with Crippen LogP contribution in [0.2, 0.25) is 0 Å². The summed E-state index contributed by atoms with van der Waals surface area (Å²) >= 11 is 0. The van der Waals surface area contributed by atoms with E-state index in [0.29, 0.717) is 0 Å². The van der Waals surface area contributed by atoms with Crippen molar-refractivity contribution < 1.29 is 4.39 Å². The number of anilines is 1. The topological polar surface area (TPSA) is 35.9 Å². The molecule has 2 N–H and O–H groups in total. The van der Waals surface area contributed by atoms with Crippen molar-refractivity contribution >= 4 is 12.0 Å². The molecule has 0 heterocycles. The maximum Gasteiger partial charge on any atom is 0.165 e. The molecule has 0 aliphatic rings. The Hall–Kier alpha value is -1.38. The van der Waals surface area contributed by atoms with Gasteiger partial charge in [0.2, 0.25) is 0 Å². The molecule has 1 radical (unpaired) electrons. The van der Waals surface area contributed by atoms with E-state index in [1.165, 1.54) is 12.1 Å². The van der Waals surface area contributed by atoms with E-state index in [1.807, 2.05) is 6.34 Å². The summed E-state index contributed by atoms with van der Waals surface area (Å²) in [7, 11) is 0. The van der Waals surface area contributed by atoms with Gasteiger partial charge in [-0.15, -0.1) is 0 Å². The summed E-state index contributed by atoms with van der Waals surface area (Å²) in [6.45, 7) is 0. The molecule has 0 saturated heterocycles. The van der Waals surface area contributed by atoms with Gasteiger partial charge in [0.25, 0.3) is 0 Å². The molecule has 0 amide bonds.